The van der Waals surface area contributed by atoms with Crippen molar-refractivity contribution in [2.75, 3.05) is 0 Å². The number of nitrogens with one attached hydrogen (secondary N) is 1. The van der Waals surface area contributed by atoms with Crippen LogP contribution >= 0.6 is 0 Å². The van der Waals surface area contributed by atoms with Gasteiger partial charge in [-0.25, -0.2) is 4.39 Å². The molecule has 0 heterocycles. The molecular formula is C15H22FN. The summed E-state index contributed by atoms with van der Waals surface area (Å²) in [6.07, 6.45) is 4.87. The first-order valence-electron chi connectivity index (χ1n) is 6.70. The van der Waals surface area contributed by atoms with Gasteiger partial charge in [-0.3, -0.25) is 0 Å². The first-order chi connectivity index (χ1) is 8.19. The largest absolute Gasteiger partial charge is 0.311 e. The molecule has 1 N–H and O–H groups in total. The van der Waals surface area contributed by atoms with E-state index in [4.69, 9.17) is 0 Å². The minimum Gasteiger partial charge on any atom is -0.311 e. The zero-order valence-electron chi connectivity index (χ0n) is 10.7. The molecule has 0 aliphatic heterocycles. The monoisotopic (exact) mass is 235 g/mol. The van der Waals surface area contributed by atoms with Crippen molar-refractivity contribution in [3.05, 3.63) is 35.6 Å². The van der Waals surface area contributed by atoms with Gasteiger partial charge in [-0.15, -0.1) is 0 Å². The summed E-state index contributed by atoms with van der Waals surface area (Å²) in [5.41, 5.74) is 1.28. The fourth-order valence-corrected chi connectivity index (χ4v) is 2.68. The van der Waals surface area contributed by atoms with E-state index in [2.05, 4.69) is 19.2 Å². The van der Waals surface area contributed by atoms with E-state index in [9.17, 15) is 4.39 Å². The van der Waals surface area contributed by atoms with Gasteiger partial charge in [-0.1, -0.05) is 25.5 Å². The maximum atomic E-state index is 12.8. The van der Waals surface area contributed by atoms with Crippen molar-refractivity contribution in [1.29, 1.82) is 0 Å². The van der Waals surface area contributed by atoms with E-state index in [1.807, 2.05) is 12.1 Å². The third kappa shape index (κ3) is 3.29. The fraction of sp³-hybridized carbons (Fsp3) is 0.600. The molecule has 0 bridgehead atoms. The lowest BCUT2D eigenvalue weighted by Gasteiger charge is -2.38. The van der Waals surface area contributed by atoms with Crippen molar-refractivity contribution in [3.8, 4) is 0 Å². The average Bonchev–Trinajstić information content (AvgIpc) is 2.25. The highest BCUT2D eigenvalue weighted by Crippen LogP contribution is 2.37. The molecule has 1 saturated carbocycles. The molecule has 1 atom stereocenters. The summed E-state index contributed by atoms with van der Waals surface area (Å²) >= 11 is 0. The molecule has 1 fully saturated rings. The first-order valence-corrected chi connectivity index (χ1v) is 6.70. The van der Waals surface area contributed by atoms with Crippen LogP contribution in [0.5, 0.6) is 0 Å². The summed E-state index contributed by atoms with van der Waals surface area (Å²) in [4.78, 5) is 0. The van der Waals surface area contributed by atoms with Gasteiger partial charge in [0.15, 0.2) is 0 Å². The molecule has 0 saturated heterocycles. The van der Waals surface area contributed by atoms with Crippen LogP contribution in [0.3, 0.4) is 0 Å². The van der Waals surface area contributed by atoms with Gasteiger partial charge < -0.3 is 5.32 Å². The Kier molecular flexibility index (Phi) is 4.16. The molecular weight excluding hydrogens is 213 g/mol. The molecule has 2 heteroatoms. The second-order valence-electron chi connectivity index (χ2n) is 5.27. The maximum Gasteiger partial charge on any atom is 0.123 e. The van der Waals surface area contributed by atoms with E-state index in [1.54, 1.807) is 12.1 Å². The molecule has 1 aliphatic carbocycles. The van der Waals surface area contributed by atoms with Crippen LogP contribution in [-0.2, 0) is 0 Å². The van der Waals surface area contributed by atoms with E-state index in [0.717, 1.165) is 0 Å². The average molecular weight is 235 g/mol. The Morgan fingerprint density at radius 2 is 1.94 bits per heavy atom. The lowest BCUT2D eigenvalue weighted by molar-refractivity contribution is 0.264. The predicted molar refractivity (Wildman–Crippen MR) is 69.7 cm³/mol. The van der Waals surface area contributed by atoms with Crippen LogP contribution in [-0.4, -0.2) is 12.1 Å². The summed E-state index contributed by atoms with van der Waals surface area (Å²) in [5, 5.41) is 3.65. The highest BCUT2D eigenvalue weighted by atomic mass is 19.1. The Hall–Kier alpha value is -0.890. The summed E-state index contributed by atoms with van der Waals surface area (Å²) in [6, 6.07) is 8.26. The Morgan fingerprint density at radius 1 is 1.29 bits per heavy atom. The molecule has 1 aromatic carbocycles. The Balaban J connectivity index is 1.77. The molecule has 1 nitrogen and oxygen atoms in total. The van der Waals surface area contributed by atoms with Gasteiger partial charge in [0.25, 0.3) is 0 Å². The van der Waals surface area contributed by atoms with Crippen LogP contribution in [0.25, 0.3) is 0 Å². The van der Waals surface area contributed by atoms with Crippen LogP contribution in [0, 0.1) is 5.82 Å². The zero-order chi connectivity index (χ0) is 12.3. The van der Waals surface area contributed by atoms with Gasteiger partial charge in [-0.2, -0.15) is 0 Å². The molecule has 1 unspecified atom stereocenters. The highest BCUT2D eigenvalue weighted by Gasteiger charge is 2.30. The second-order valence-corrected chi connectivity index (χ2v) is 5.27. The topological polar surface area (TPSA) is 12.0 Å². The summed E-state index contributed by atoms with van der Waals surface area (Å²) in [7, 11) is 0. The van der Waals surface area contributed by atoms with E-state index < -0.39 is 0 Å². The van der Waals surface area contributed by atoms with Gasteiger partial charge in [0.05, 0.1) is 0 Å². The number of benzene rings is 1. The Labute approximate surface area is 103 Å². The lowest BCUT2D eigenvalue weighted by atomic mass is 9.75. The zero-order valence-corrected chi connectivity index (χ0v) is 10.7. The van der Waals surface area contributed by atoms with E-state index in [0.29, 0.717) is 18.0 Å². The SMILES string of the molecule is CCCC(C)NC1CC(c2ccc(F)cc2)C1. The predicted octanol–water partition coefficient (Wildman–Crippen LogP) is 3.85. The van der Waals surface area contributed by atoms with Gasteiger partial charge in [0, 0.05) is 12.1 Å². The Morgan fingerprint density at radius 3 is 2.53 bits per heavy atom. The van der Waals surface area contributed by atoms with Crippen molar-refractivity contribution >= 4 is 0 Å². The summed E-state index contributed by atoms with van der Waals surface area (Å²) in [6.45, 7) is 4.48. The highest BCUT2D eigenvalue weighted by molar-refractivity contribution is 5.23. The summed E-state index contributed by atoms with van der Waals surface area (Å²) in [5.74, 6) is 0.487. The molecule has 2 rings (SSSR count). The quantitative estimate of drug-likeness (QED) is 0.817. The van der Waals surface area contributed by atoms with Gasteiger partial charge in [0.1, 0.15) is 5.82 Å². The molecule has 0 spiro atoms. The third-order valence-corrected chi connectivity index (χ3v) is 3.72. The number of rotatable bonds is 5. The number of halogens is 1. The smallest absolute Gasteiger partial charge is 0.123 e. The van der Waals surface area contributed by atoms with Crippen LogP contribution in [0.15, 0.2) is 24.3 Å². The molecule has 1 aliphatic rings. The normalized spacial score (nSPS) is 25.4. The molecule has 0 amide bonds. The van der Waals surface area contributed by atoms with E-state index in [-0.39, 0.29) is 5.82 Å². The van der Waals surface area contributed by atoms with Crippen LogP contribution in [0.4, 0.5) is 4.39 Å². The number of hydrogen-bond donors (Lipinski definition) is 1. The lowest BCUT2D eigenvalue weighted by Crippen LogP contribution is -2.44. The van der Waals surface area contributed by atoms with E-state index in [1.165, 1.54) is 31.2 Å². The summed E-state index contributed by atoms with van der Waals surface area (Å²) < 4.78 is 12.8. The molecule has 94 valence electrons. The molecule has 1 aromatic rings. The molecule has 0 radical (unpaired) electrons. The van der Waals surface area contributed by atoms with Crippen molar-refractivity contribution < 1.29 is 4.39 Å². The fourth-order valence-electron chi connectivity index (χ4n) is 2.68. The van der Waals surface area contributed by atoms with Crippen molar-refractivity contribution in [2.24, 2.45) is 0 Å². The minimum absolute atomic E-state index is 0.140. The maximum absolute atomic E-state index is 12.8. The first kappa shape index (κ1) is 12.6. The van der Waals surface area contributed by atoms with Crippen LogP contribution in [0.1, 0.15) is 51.0 Å². The van der Waals surface area contributed by atoms with E-state index >= 15 is 0 Å². The van der Waals surface area contributed by atoms with Crippen molar-refractivity contribution in [2.45, 2.75) is 57.5 Å². The standard InChI is InChI=1S/C15H22FN/c1-3-4-11(2)17-15-9-13(10-15)12-5-7-14(16)8-6-12/h5-8,11,13,15,17H,3-4,9-10H2,1-2H3. The van der Waals surface area contributed by atoms with Crippen molar-refractivity contribution in [3.63, 3.8) is 0 Å². The third-order valence-electron chi connectivity index (χ3n) is 3.72. The van der Waals surface area contributed by atoms with Crippen molar-refractivity contribution in [1.82, 2.24) is 5.32 Å². The minimum atomic E-state index is -0.140. The van der Waals surface area contributed by atoms with Gasteiger partial charge in [0.2, 0.25) is 0 Å². The molecule has 0 aromatic heterocycles. The second kappa shape index (κ2) is 5.63. The van der Waals surface area contributed by atoms with Gasteiger partial charge in [-0.05, 0) is 49.8 Å². The van der Waals surface area contributed by atoms with Gasteiger partial charge >= 0.3 is 0 Å². The number of hydrogen-bond acceptors (Lipinski definition) is 1. The van der Waals surface area contributed by atoms with Crippen LogP contribution in [0.2, 0.25) is 0 Å². The van der Waals surface area contributed by atoms with Crippen LogP contribution < -0.4 is 5.32 Å². The molecule has 17 heavy (non-hydrogen) atoms. The Bertz CT molecular complexity index is 340.